The van der Waals surface area contributed by atoms with E-state index in [1.165, 1.54) is 0 Å². The molecule has 4 nitrogen and oxygen atoms in total. The first-order valence-electron chi connectivity index (χ1n) is 3.65. The fraction of sp³-hybridized carbons (Fsp3) is 0.286. The number of nitro groups is 1. The van der Waals surface area contributed by atoms with E-state index in [-0.39, 0.29) is 5.33 Å². The smallest absolute Gasteiger partial charge is 0.358 e. The van der Waals surface area contributed by atoms with E-state index in [1.54, 1.807) is 0 Å². The van der Waals surface area contributed by atoms with E-state index in [9.17, 15) is 18.9 Å². The van der Waals surface area contributed by atoms with Crippen LogP contribution in [0.25, 0.3) is 0 Å². The molecule has 0 N–H and O–H groups in total. The van der Waals surface area contributed by atoms with E-state index < -0.39 is 22.7 Å². The largest absolute Gasteiger partial charge is 0.372 e. The highest BCUT2D eigenvalue weighted by molar-refractivity contribution is 14.1. The Hall–Kier alpha value is -0.380. The molecule has 0 amide bonds. The maximum absolute atomic E-state index is 12.4. The van der Waals surface area contributed by atoms with Gasteiger partial charge in [-0.3, -0.25) is 0 Å². The number of aromatic nitrogens is 1. The Morgan fingerprint density at radius 3 is 2.67 bits per heavy atom. The maximum Gasteiger partial charge on any atom is 0.372 e. The van der Waals surface area contributed by atoms with Gasteiger partial charge in [0.05, 0.1) is 8.90 Å². The minimum atomic E-state index is -2.89. The first kappa shape index (κ1) is 12.7. The highest BCUT2D eigenvalue weighted by Gasteiger charge is 2.26. The van der Waals surface area contributed by atoms with Gasteiger partial charge in [0.2, 0.25) is 0 Å². The molecule has 0 aliphatic rings. The molecule has 0 aliphatic carbocycles. The van der Waals surface area contributed by atoms with Gasteiger partial charge in [-0.05, 0) is 38.6 Å². The van der Waals surface area contributed by atoms with Crippen LogP contribution in [0.1, 0.15) is 17.7 Å². The van der Waals surface area contributed by atoms with Crippen LogP contribution in [0.3, 0.4) is 0 Å². The average molecular weight is 393 g/mol. The van der Waals surface area contributed by atoms with Crippen LogP contribution in [0.5, 0.6) is 0 Å². The quantitative estimate of drug-likeness (QED) is 0.343. The lowest BCUT2D eigenvalue weighted by Crippen LogP contribution is -2.03. The molecule has 1 aromatic rings. The zero-order valence-electron chi connectivity index (χ0n) is 7.08. The third kappa shape index (κ3) is 2.80. The van der Waals surface area contributed by atoms with Gasteiger partial charge in [-0.15, -0.1) is 0 Å². The lowest BCUT2D eigenvalue weighted by molar-refractivity contribution is -0.391. The van der Waals surface area contributed by atoms with Crippen LogP contribution < -0.4 is 0 Å². The summed E-state index contributed by atoms with van der Waals surface area (Å²) >= 11 is 4.89. The molecule has 15 heavy (non-hydrogen) atoms. The van der Waals surface area contributed by atoms with Crippen LogP contribution >= 0.6 is 38.5 Å². The Morgan fingerprint density at radius 2 is 2.27 bits per heavy atom. The van der Waals surface area contributed by atoms with E-state index in [0.717, 1.165) is 6.07 Å². The van der Waals surface area contributed by atoms with Crippen LogP contribution in [0, 0.1) is 13.7 Å². The van der Waals surface area contributed by atoms with Gasteiger partial charge in [-0.25, -0.2) is 8.78 Å². The van der Waals surface area contributed by atoms with E-state index >= 15 is 0 Å². The molecule has 8 heteroatoms. The molecule has 0 fully saturated rings. The second-order valence-electron chi connectivity index (χ2n) is 2.52. The molecule has 1 rings (SSSR count). The van der Waals surface area contributed by atoms with Crippen molar-refractivity contribution in [3.8, 4) is 0 Å². The van der Waals surface area contributed by atoms with Gasteiger partial charge in [0.1, 0.15) is 5.56 Å². The van der Waals surface area contributed by atoms with Crippen molar-refractivity contribution in [1.82, 2.24) is 4.98 Å². The Labute approximate surface area is 105 Å². The maximum atomic E-state index is 12.4. The zero-order valence-corrected chi connectivity index (χ0v) is 10.8. The molecule has 1 aromatic heterocycles. The Bertz CT molecular complexity index is 403. The molecule has 0 aromatic carbocycles. The number of nitrogens with zero attached hydrogens (tertiary/aromatic N) is 2. The van der Waals surface area contributed by atoms with Gasteiger partial charge in [0.25, 0.3) is 6.43 Å². The molecule has 0 saturated carbocycles. The van der Waals surface area contributed by atoms with E-state index in [1.807, 2.05) is 22.6 Å². The van der Waals surface area contributed by atoms with Crippen molar-refractivity contribution in [3.05, 3.63) is 31.0 Å². The summed E-state index contributed by atoms with van der Waals surface area (Å²) < 4.78 is 25.4. The van der Waals surface area contributed by atoms with Gasteiger partial charge in [0, 0.05) is 0 Å². The van der Waals surface area contributed by atoms with E-state index in [4.69, 9.17) is 0 Å². The van der Waals surface area contributed by atoms with Gasteiger partial charge < -0.3 is 10.1 Å². The molecule has 0 atom stereocenters. The highest BCUT2D eigenvalue weighted by Crippen LogP contribution is 2.30. The van der Waals surface area contributed by atoms with Crippen molar-refractivity contribution >= 4 is 44.3 Å². The number of halogens is 4. The van der Waals surface area contributed by atoms with Crippen LogP contribution in [0.2, 0.25) is 0 Å². The molecular formula is C7H4BrF2IN2O2. The summed E-state index contributed by atoms with van der Waals surface area (Å²) in [7, 11) is 0. The van der Waals surface area contributed by atoms with Crippen LogP contribution in [-0.2, 0) is 5.33 Å². The fourth-order valence-electron chi connectivity index (χ4n) is 0.931. The Morgan fingerprint density at radius 1 is 1.67 bits per heavy atom. The van der Waals surface area contributed by atoms with Crippen LogP contribution in [-0.4, -0.2) is 9.91 Å². The van der Waals surface area contributed by atoms with E-state index in [2.05, 4.69) is 20.9 Å². The summed E-state index contributed by atoms with van der Waals surface area (Å²) in [5.41, 5.74) is -0.263. The van der Waals surface area contributed by atoms with Crippen molar-refractivity contribution in [1.29, 1.82) is 0 Å². The van der Waals surface area contributed by atoms with E-state index in [0.29, 0.717) is 9.26 Å². The number of rotatable bonds is 3. The summed E-state index contributed by atoms with van der Waals surface area (Å²) in [6, 6.07) is 1.09. The lowest BCUT2D eigenvalue weighted by Gasteiger charge is -2.03. The van der Waals surface area contributed by atoms with Crippen molar-refractivity contribution in [2.75, 3.05) is 0 Å². The number of alkyl halides is 3. The summed E-state index contributed by atoms with van der Waals surface area (Å²) in [6.07, 6.45) is -2.89. The Kier molecular flexibility index (Phi) is 4.32. The normalized spacial score (nSPS) is 10.7. The highest BCUT2D eigenvalue weighted by atomic mass is 127. The Balaban J connectivity index is 3.39. The standard InChI is InChI=1S/C7H4BrF2IN2O2/c8-2-5-4(11)1-3(6(9)10)7(12-5)13(14)15/h1,6H,2H2. The van der Waals surface area contributed by atoms with Crippen LogP contribution in [0.4, 0.5) is 14.6 Å². The van der Waals surface area contributed by atoms with Crippen LogP contribution in [0.15, 0.2) is 6.07 Å². The third-order valence-corrected chi connectivity index (χ3v) is 3.06. The second-order valence-corrected chi connectivity index (χ2v) is 4.24. The molecule has 0 radical (unpaired) electrons. The second kappa shape index (κ2) is 5.10. The predicted molar refractivity (Wildman–Crippen MR) is 61.2 cm³/mol. The van der Waals surface area contributed by atoms with Gasteiger partial charge in [-0.2, -0.15) is 0 Å². The third-order valence-electron chi connectivity index (χ3n) is 1.59. The van der Waals surface area contributed by atoms with Crippen molar-refractivity contribution in [2.45, 2.75) is 11.8 Å². The van der Waals surface area contributed by atoms with Gasteiger partial charge in [-0.1, -0.05) is 15.9 Å². The van der Waals surface area contributed by atoms with Gasteiger partial charge >= 0.3 is 5.82 Å². The van der Waals surface area contributed by atoms with Crippen molar-refractivity contribution < 1.29 is 13.7 Å². The van der Waals surface area contributed by atoms with Crippen molar-refractivity contribution in [3.63, 3.8) is 0 Å². The monoisotopic (exact) mass is 392 g/mol. The molecule has 0 spiro atoms. The average Bonchev–Trinajstić information content (AvgIpc) is 2.16. The zero-order chi connectivity index (χ0) is 11.6. The molecular weight excluding hydrogens is 389 g/mol. The SMILES string of the molecule is O=[N+]([O-])c1nc(CBr)c(I)cc1C(F)F. The summed E-state index contributed by atoms with van der Waals surface area (Å²) in [6.45, 7) is 0. The van der Waals surface area contributed by atoms with Gasteiger partial charge in [0.15, 0.2) is 5.69 Å². The minimum Gasteiger partial charge on any atom is -0.358 e. The summed E-state index contributed by atoms with van der Waals surface area (Å²) in [5.74, 6) is -0.778. The molecule has 82 valence electrons. The molecule has 0 saturated heterocycles. The molecule has 0 aliphatic heterocycles. The molecule has 0 unspecified atom stereocenters. The predicted octanol–water partition coefficient (Wildman–Crippen LogP) is 3.43. The number of pyridine rings is 1. The summed E-state index contributed by atoms with van der Waals surface area (Å²) in [5, 5.41) is 10.8. The number of hydrogen-bond acceptors (Lipinski definition) is 3. The number of hydrogen-bond donors (Lipinski definition) is 0. The summed E-state index contributed by atoms with van der Waals surface area (Å²) in [4.78, 5) is 13.2. The topological polar surface area (TPSA) is 56.0 Å². The minimum absolute atomic E-state index is 0.287. The molecule has 1 heterocycles. The first-order chi connectivity index (χ1) is 6.97. The first-order valence-corrected chi connectivity index (χ1v) is 5.85. The molecule has 0 bridgehead atoms. The van der Waals surface area contributed by atoms with Crippen molar-refractivity contribution in [2.24, 2.45) is 0 Å². The lowest BCUT2D eigenvalue weighted by atomic mass is 10.2. The fourth-order valence-corrected chi connectivity index (χ4v) is 2.53.